The summed E-state index contributed by atoms with van der Waals surface area (Å²) in [6.45, 7) is 1.12. The maximum atomic E-state index is 14.2. The van der Waals surface area contributed by atoms with Crippen molar-refractivity contribution in [1.82, 2.24) is 14.5 Å². The molecule has 0 aliphatic carbocycles. The molecule has 0 saturated heterocycles. The monoisotopic (exact) mass is 502 g/mol. The summed E-state index contributed by atoms with van der Waals surface area (Å²) < 4.78 is 27.4. The molecule has 0 bridgehead atoms. The summed E-state index contributed by atoms with van der Waals surface area (Å²) in [5.41, 5.74) is 1.06. The van der Waals surface area contributed by atoms with Crippen LogP contribution in [0.1, 0.15) is 12.0 Å². The normalized spacial score (nSPS) is 10.9. The van der Waals surface area contributed by atoms with E-state index in [4.69, 9.17) is 9.47 Å². The number of fused-ring (bicyclic) bond motifs is 1. The number of hydrogen-bond donors (Lipinski definition) is 0. The van der Waals surface area contributed by atoms with Crippen molar-refractivity contribution in [3.63, 3.8) is 0 Å². The van der Waals surface area contributed by atoms with Gasteiger partial charge >= 0.3 is 0 Å². The van der Waals surface area contributed by atoms with Crippen LogP contribution in [-0.2, 0) is 11.3 Å². The lowest BCUT2D eigenvalue weighted by molar-refractivity contribution is -0.114. The Hall–Kier alpha value is -3.43. The van der Waals surface area contributed by atoms with E-state index in [9.17, 15) is 9.18 Å². The smallest absolute Gasteiger partial charge is 0.252 e. The quantitative estimate of drug-likeness (QED) is 0.294. The number of benzene rings is 2. The second kappa shape index (κ2) is 11.6. The molecule has 0 aliphatic heterocycles. The molecule has 2 aromatic carbocycles. The van der Waals surface area contributed by atoms with Crippen molar-refractivity contribution >= 4 is 51.1 Å². The van der Waals surface area contributed by atoms with E-state index >= 15 is 0 Å². The zero-order valence-corrected chi connectivity index (χ0v) is 20.3. The third-order valence-electron chi connectivity index (χ3n) is 5.04. The van der Waals surface area contributed by atoms with Gasteiger partial charge in [0.1, 0.15) is 11.3 Å². The number of aryl methyl sites for hydroxylation is 1. The lowest BCUT2D eigenvalue weighted by atomic mass is 10.2. The van der Waals surface area contributed by atoms with Gasteiger partial charge in [-0.2, -0.15) is 0 Å². The number of nitrogens with zero attached hydrogens (tertiary/aromatic N) is 4. The van der Waals surface area contributed by atoms with Gasteiger partial charge in [-0.1, -0.05) is 23.5 Å². The average molecular weight is 503 g/mol. The Kier molecular flexibility index (Phi) is 8.61. The summed E-state index contributed by atoms with van der Waals surface area (Å²) in [7, 11) is 3.13. The lowest BCUT2D eigenvalue weighted by Crippen LogP contribution is -2.30. The van der Waals surface area contributed by atoms with Gasteiger partial charge in [-0.05, 0) is 42.3 Å². The zero-order valence-electron chi connectivity index (χ0n) is 18.7. The number of halogens is 2. The molecule has 7 nitrogen and oxygen atoms in total. The summed E-state index contributed by atoms with van der Waals surface area (Å²) >= 11 is 1.29. The first-order valence-corrected chi connectivity index (χ1v) is 11.1. The van der Waals surface area contributed by atoms with Crippen molar-refractivity contribution in [3.05, 3.63) is 72.6 Å². The van der Waals surface area contributed by atoms with Crippen molar-refractivity contribution in [2.24, 2.45) is 0 Å². The van der Waals surface area contributed by atoms with E-state index in [2.05, 4.69) is 9.97 Å². The van der Waals surface area contributed by atoms with Gasteiger partial charge in [0.05, 0.1) is 25.2 Å². The minimum absolute atomic E-state index is 0. The highest BCUT2D eigenvalue weighted by Crippen LogP contribution is 2.31. The third kappa shape index (κ3) is 5.73. The maximum absolute atomic E-state index is 14.2. The molecule has 0 saturated carbocycles. The van der Waals surface area contributed by atoms with E-state index in [1.807, 2.05) is 16.8 Å². The van der Waals surface area contributed by atoms with E-state index in [0.29, 0.717) is 40.8 Å². The van der Waals surface area contributed by atoms with Crippen LogP contribution in [0.3, 0.4) is 0 Å². The predicted molar refractivity (Wildman–Crippen MR) is 135 cm³/mol. The van der Waals surface area contributed by atoms with Crippen LogP contribution in [0.2, 0.25) is 0 Å². The van der Waals surface area contributed by atoms with Crippen molar-refractivity contribution < 1.29 is 18.7 Å². The number of carbonyl (C=O) groups is 1. The molecule has 0 aliphatic rings. The molecule has 0 spiro atoms. The molecule has 34 heavy (non-hydrogen) atoms. The highest BCUT2D eigenvalue weighted by molar-refractivity contribution is 7.22. The first kappa shape index (κ1) is 25.2. The Morgan fingerprint density at radius 1 is 1.21 bits per heavy atom. The molecule has 0 N–H and O–H groups in total. The number of anilines is 1. The van der Waals surface area contributed by atoms with Crippen LogP contribution >= 0.6 is 23.7 Å². The van der Waals surface area contributed by atoms with Crippen LogP contribution in [0.4, 0.5) is 9.52 Å². The van der Waals surface area contributed by atoms with Gasteiger partial charge in [0.25, 0.3) is 5.91 Å². The third-order valence-corrected chi connectivity index (χ3v) is 6.08. The minimum atomic E-state index is -0.401. The summed E-state index contributed by atoms with van der Waals surface area (Å²) in [6.07, 6.45) is 9.20. The fourth-order valence-electron chi connectivity index (χ4n) is 3.36. The number of hydrogen-bond acceptors (Lipinski definition) is 6. The first-order chi connectivity index (χ1) is 16.1. The molecule has 0 fully saturated rings. The number of imidazole rings is 1. The number of aromatic nitrogens is 3. The predicted octanol–water partition coefficient (Wildman–Crippen LogP) is 5.21. The standard InChI is InChI=1S/C24H23FN4O3S.ClH/c1-31-19-9-7-17(15-20(19)32-2)8-10-22(30)29(13-4-12-28-14-11-26-16-28)24-27-23-18(25)5-3-6-21(23)33-24;/h3,5-11,14-16H,4,12-13H2,1-2H3;1H/b10-8+;. The number of rotatable bonds is 9. The Bertz CT molecular complexity index is 1280. The molecule has 178 valence electrons. The van der Waals surface area contributed by atoms with E-state index in [-0.39, 0.29) is 23.8 Å². The van der Waals surface area contributed by atoms with E-state index in [1.165, 1.54) is 23.5 Å². The topological polar surface area (TPSA) is 69.5 Å². The van der Waals surface area contributed by atoms with Crippen LogP contribution in [0.5, 0.6) is 11.5 Å². The van der Waals surface area contributed by atoms with Crippen molar-refractivity contribution in [3.8, 4) is 11.5 Å². The minimum Gasteiger partial charge on any atom is -0.493 e. The molecule has 4 aromatic rings. The van der Waals surface area contributed by atoms with Crippen LogP contribution < -0.4 is 14.4 Å². The Morgan fingerprint density at radius 2 is 2.03 bits per heavy atom. The van der Waals surface area contributed by atoms with Gasteiger partial charge in [0, 0.05) is 31.6 Å². The second-order valence-electron chi connectivity index (χ2n) is 7.17. The molecule has 10 heteroatoms. The van der Waals surface area contributed by atoms with Gasteiger partial charge < -0.3 is 14.0 Å². The fraction of sp³-hybridized carbons (Fsp3) is 0.208. The van der Waals surface area contributed by atoms with Gasteiger partial charge in [0.2, 0.25) is 0 Å². The van der Waals surface area contributed by atoms with Crippen molar-refractivity contribution in [2.75, 3.05) is 25.7 Å². The lowest BCUT2D eigenvalue weighted by Gasteiger charge is -2.18. The zero-order chi connectivity index (χ0) is 23.2. The molecular formula is C24H24ClFN4O3S. The number of ether oxygens (including phenoxy) is 2. The van der Waals surface area contributed by atoms with Crippen molar-refractivity contribution in [1.29, 1.82) is 0 Å². The average Bonchev–Trinajstić information content (AvgIpc) is 3.50. The Balaban J connectivity index is 0.00000324. The summed E-state index contributed by atoms with van der Waals surface area (Å²) in [6, 6.07) is 10.2. The molecule has 1 amide bonds. The number of amides is 1. The Morgan fingerprint density at radius 3 is 2.74 bits per heavy atom. The molecule has 0 radical (unpaired) electrons. The Labute approximate surface area is 206 Å². The highest BCUT2D eigenvalue weighted by Gasteiger charge is 2.19. The van der Waals surface area contributed by atoms with Crippen LogP contribution in [0, 0.1) is 5.82 Å². The van der Waals surface area contributed by atoms with Gasteiger partial charge in [0.15, 0.2) is 16.6 Å². The molecule has 0 unspecified atom stereocenters. The van der Waals surface area contributed by atoms with E-state index in [1.54, 1.807) is 62.0 Å². The number of para-hydroxylation sites is 1. The maximum Gasteiger partial charge on any atom is 0.252 e. The van der Waals surface area contributed by atoms with Gasteiger partial charge in [-0.15, -0.1) is 12.4 Å². The summed E-state index contributed by atoms with van der Waals surface area (Å²) in [5.74, 6) is 0.543. The van der Waals surface area contributed by atoms with E-state index < -0.39 is 5.82 Å². The fourth-order valence-corrected chi connectivity index (χ4v) is 4.37. The molecule has 4 rings (SSSR count). The number of methoxy groups -OCH3 is 2. The van der Waals surface area contributed by atoms with Crippen LogP contribution in [0.15, 0.2) is 61.2 Å². The summed E-state index contributed by atoms with van der Waals surface area (Å²) in [5, 5.41) is 0.461. The first-order valence-electron chi connectivity index (χ1n) is 10.3. The molecule has 2 heterocycles. The molecule has 2 aromatic heterocycles. The SMILES string of the molecule is COc1ccc(/C=C/C(=O)N(CCCn2ccnc2)c2nc3c(F)cccc3s2)cc1OC.Cl. The number of carbonyl (C=O) groups excluding carboxylic acids is 1. The highest BCUT2D eigenvalue weighted by atomic mass is 35.5. The number of thiazole rings is 1. The van der Waals surface area contributed by atoms with Crippen LogP contribution in [-0.4, -0.2) is 41.2 Å². The van der Waals surface area contributed by atoms with Crippen LogP contribution in [0.25, 0.3) is 16.3 Å². The van der Waals surface area contributed by atoms with Crippen molar-refractivity contribution in [2.45, 2.75) is 13.0 Å². The van der Waals surface area contributed by atoms with Gasteiger partial charge in [-0.25, -0.2) is 14.4 Å². The molecular weight excluding hydrogens is 479 g/mol. The second-order valence-corrected chi connectivity index (χ2v) is 8.18. The summed E-state index contributed by atoms with van der Waals surface area (Å²) in [4.78, 5) is 23.2. The largest absolute Gasteiger partial charge is 0.493 e. The van der Waals surface area contributed by atoms with Gasteiger partial charge in [-0.3, -0.25) is 9.69 Å². The molecule has 0 atom stereocenters. The van der Waals surface area contributed by atoms with E-state index in [0.717, 1.165) is 5.56 Å².